The molecule has 60 valence electrons. The van der Waals surface area contributed by atoms with Gasteiger partial charge in [-0.05, 0) is 6.92 Å². The average molecular weight is 169 g/mol. The van der Waals surface area contributed by atoms with E-state index in [9.17, 15) is 0 Å². The first-order valence-corrected chi connectivity index (χ1v) is 4.67. The Morgan fingerprint density at radius 2 is 2.45 bits per heavy atom. The minimum atomic E-state index is 0.539. The second-order valence-corrected chi connectivity index (χ2v) is 4.10. The van der Waals surface area contributed by atoms with Crippen molar-refractivity contribution in [2.45, 2.75) is 18.7 Å². The molecule has 0 aliphatic carbocycles. The van der Waals surface area contributed by atoms with Crippen molar-refractivity contribution in [2.75, 3.05) is 13.6 Å². The summed E-state index contributed by atoms with van der Waals surface area (Å²) in [5.74, 6) is 0. The zero-order valence-corrected chi connectivity index (χ0v) is 7.56. The molecule has 4 heteroatoms. The summed E-state index contributed by atoms with van der Waals surface area (Å²) in [5, 5.41) is 9.80. The summed E-state index contributed by atoms with van der Waals surface area (Å²) in [6.07, 6.45) is 1.06. The van der Waals surface area contributed by atoms with E-state index in [0.29, 0.717) is 5.37 Å². The lowest BCUT2D eigenvalue weighted by Crippen LogP contribution is -2.21. The summed E-state index contributed by atoms with van der Waals surface area (Å²) in [6, 6.07) is 0. The van der Waals surface area contributed by atoms with Crippen molar-refractivity contribution < 1.29 is 0 Å². The molecular formula is C7H11N3S. The van der Waals surface area contributed by atoms with Crippen LogP contribution in [0.4, 0.5) is 0 Å². The molecule has 0 aromatic heterocycles. The fourth-order valence-electron chi connectivity index (χ4n) is 1.31. The second-order valence-electron chi connectivity index (χ2n) is 2.79. The van der Waals surface area contributed by atoms with Crippen LogP contribution in [-0.2, 0) is 0 Å². The van der Waals surface area contributed by atoms with E-state index >= 15 is 0 Å². The summed E-state index contributed by atoms with van der Waals surface area (Å²) in [5.41, 5.74) is 1.37. The molecule has 0 amide bonds. The predicted octanol–water partition coefficient (Wildman–Crippen LogP) is 2.04. The molecule has 0 aromatic rings. The van der Waals surface area contributed by atoms with Crippen molar-refractivity contribution in [3.63, 3.8) is 0 Å². The highest BCUT2D eigenvalue weighted by atomic mass is 32.2. The Morgan fingerprint density at radius 3 is 3.18 bits per heavy atom. The lowest BCUT2D eigenvalue weighted by atomic mass is 10.3. The van der Waals surface area contributed by atoms with Gasteiger partial charge in [0.25, 0.3) is 0 Å². The van der Waals surface area contributed by atoms with Crippen molar-refractivity contribution >= 4 is 11.8 Å². The SMILES string of the molecule is CC1SC2=C(CCN=N2)N1C. The van der Waals surface area contributed by atoms with Gasteiger partial charge in [-0.1, -0.05) is 11.8 Å². The van der Waals surface area contributed by atoms with Gasteiger partial charge in [-0.15, -0.1) is 5.11 Å². The average Bonchev–Trinajstić information content (AvgIpc) is 2.30. The number of nitrogens with zero attached hydrogens (tertiary/aromatic N) is 3. The van der Waals surface area contributed by atoms with E-state index in [2.05, 4.69) is 29.1 Å². The van der Waals surface area contributed by atoms with Gasteiger partial charge in [0.1, 0.15) is 5.03 Å². The van der Waals surface area contributed by atoms with Crippen LogP contribution < -0.4 is 0 Å². The van der Waals surface area contributed by atoms with E-state index in [-0.39, 0.29) is 0 Å². The molecule has 0 radical (unpaired) electrons. The van der Waals surface area contributed by atoms with Crippen molar-refractivity contribution in [1.82, 2.24) is 4.90 Å². The Labute approximate surface area is 70.6 Å². The number of hydrogen-bond donors (Lipinski definition) is 0. The highest BCUT2D eigenvalue weighted by Crippen LogP contribution is 2.40. The highest BCUT2D eigenvalue weighted by molar-refractivity contribution is 8.03. The third-order valence-corrected chi connectivity index (χ3v) is 3.31. The van der Waals surface area contributed by atoms with Crippen LogP contribution in [0.1, 0.15) is 13.3 Å². The summed E-state index contributed by atoms with van der Waals surface area (Å²) in [4.78, 5) is 2.29. The topological polar surface area (TPSA) is 28.0 Å². The Kier molecular flexibility index (Phi) is 1.64. The van der Waals surface area contributed by atoms with Crippen LogP contribution in [0.25, 0.3) is 0 Å². The van der Waals surface area contributed by atoms with Crippen LogP contribution in [0.2, 0.25) is 0 Å². The molecule has 2 aliphatic rings. The van der Waals surface area contributed by atoms with E-state index in [1.807, 2.05) is 0 Å². The van der Waals surface area contributed by atoms with Gasteiger partial charge in [0.15, 0.2) is 0 Å². The first-order valence-electron chi connectivity index (χ1n) is 3.79. The quantitative estimate of drug-likeness (QED) is 0.555. The maximum absolute atomic E-state index is 4.12. The van der Waals surface area contributed by atoms with Gasteiger partial charge in [0, 0.05) is 13.5 Å². The third kappa shape index (κ3) is 1.05. The van der Waals surface area contributed by atoms with Gasteiger partial charge in [0.2, 0.25) is 0 Å². The van der Waals surface area contributed by atoms with Crippen molar-refractivity contribution in [1.29, 1.82) is 0 Å². The molecule has 0 fully saturated rings. The smallest absolute Gasteiger partial charge is 0.139 e. The van der Waals surface area contributed by atoms with Gasteiger partial charge in [-0.25, -0.2) is 0 Å². The maximum atomic E-state index is 4.12. The van der Waals surface area contributed by atoms with Crippen LogP contribution in [-0.4, -0.2) is 23.9 Å². The second kappa shape index (κ2) is 2.52. The summed E-state index contributed by atoms with van der Waals surface area (Å²) < 4.78 is 0. The van der Waals surface area contributed by atoms with Crippen LogP contribution >= 0.6 is 11.8 Å². The monoisotopic (exact) mass is 169 g/mol. The predicted molar refractivity (Wildman–Crippen MR) is 46.2 cm³/mol. The molecule has 3 nitrogen and oxygen atoms in total. The molecule has 1 unspecified atom stereocenters. The highest BCUT2D eigenvalue weighted by Gasteiger charge is 2.27. The normalized spacial score (nSPS) is 29.6. The van der Waals surface area contributed by atoms with E-state index in [1.54, 1.807) is 11.8 Å². The standard InChI is InChI=1S/C7H11N3S/c1-5-10(2)6-3-4-8-9-7(6)11-5/h5H,3-4H2,1-2H3. The molecular weight excluding hydrogens is 158 g/mol. The fraction of sp³-hybridized carbons (Fsp3) is 0.714. The maximum Gasteiger partial charge on any atom is 0.139 e. The molecule has 0 N–H and O–H groups in total. The van der Waals surface area contributed by atoms with E-state index in [4.69, 9.17) is 0 Å². The molecule has 0 spiro atoms. The number of rotatable bonds is 0. The van der Waals surface area contributed by atoms with E-state index in [1.165, 1.54) is 5.70 Å². The molecule has 2 rings (SSSR count). The van der Waals surface area contributed by atoms with Crippen LogP contribution in [0, 0.1) is 0 Å². The lowest BCUT2D eigenvalue weighted by molar-refractivity contribution is 0.401. The molecule has 0 aromatic carbocycles. The van der Waals surface area contributed by atoms with Crippen molar-refractivity contribution in [3.8, 4) is 0 Å². The molecule has 0 saturated heterocycles. The fourth-order valence-corrected chi connectivity index (χ4v) is 2.41. The first kappa shape index (κ1) is 7.16. The third-order valence-electron chi connectivity index (χ3n) is 2.11. The molecule has 11 heavy (non-hydrogen) atoms. The Morgan fingerprint density at radius 1 is 1.64 bits per heavy atom. The minimum Gasteiger partial charge on any atom is -0.363 e. The lowest BCUT2D eigenvalue weighted by Gasteiger charge is -2.20. The zero-order chi connectivity index (χ0) is 7.84. The van der Waals surface area contributed by atoms with Gasteiger partial charge in [0.05, 0.1) is 17.6 Å². The van der Waals surface area contributed by atoms with E-state index in [0.717, 1.165) is 18.0 Å². The minimum absolute atomic E-state index is 0.539. The Bertz CT molecular complexity index is 234. The zero-order valence-electron chi connectivity index (χ0n) is 6.74. The largest absolute Gasteiger partial charge is 0.363 e. The number of azo groups is 1. The molecule has 0 saturated carbocycles. The molecule has 2 heterocycles. The Balaban J connectivity index is 2.28. The number of thioether (sulfide) groups is 1. The number of hydrogen-bond acceptors (Lipinski definition) is 4. The van der Waals surface area contributed by atoms with Gasteiger partial charge < -0.3 is 4.90 Å². The summed E-state index contributed by atoms with van der Waals surface area (Å²) in [7, 11) is 2.13. The molecule has 2 aliphatic heterocycles. The van der Waals surface area contributed by atoms with Crippen LogP contribution in [0.15, 0.2) is 21.0 Å². The van der Waals surface area contributed by atoms with Crippen LogP contribution in [0.5, 0.6) is 0 Å². The van der Waals surface area contributed by atoms with Crippen LogP contribution in [0.3, 0.4) is 0 Å². The van der Waals surface area contributed by atoms with Gasteiger partial charge in [-0.3, -0.25) is 0 Å². The van der Waals surface area contributed by atoms with Gasteiger partial charge >= 0.3 is 0 Å². The molecule has 0 bridgehead atoms. The van der Waals surface area contributed by atoms with Crippen molar-refractivity contribution in [2.24, 2.45) is 10.2 Å². The summed E-state index contributed by atoms with van der Waals surface area (Å²) in [6.45, 7) is 3.05. The van der Waals surface area contributed by atoms with Gasteiger partial charge in [-0.2, -0.15) is 5.11 Å². The van der Waals surface area contributed by atoms with Crippen molar-refractivity contribution in [3.05, 3.63) is 10.7 Å². The Hall–Kier alpha value is -0.510. The van der Waals surface area contributed by atoms with E-state index < -0.39 is 0 Å². The first-order chi connectivity index (χ1) is 5.29. The summed E-state index contributed by atoms with van der Waals surface area (Å²) >= 11 is 1.80. The molecule has 1 atom stereocenters.